The number of rotatable bonds is 4. The zero-order chi connectivity index (χ0) is 16.5. The maximum absolute atomic E-state index is 5.47. The molecule has 3 heterocycles. The first-order chi connectivity index (χ1) is 11.7. The van der Waals surface area contributed by atoms with Crippen LogP contribution in [0.25, 0.3) is 11.0 Å². The number of aryl methyl sites for hydroxylation is 2. The van der Waals surface area contributed by atoms with E-state index in [2.05, 4.69) is 32.2 Å². The van der Waals surface area contributed by atoms with Gasteiger partial charge in [-0.3, -0.25) is 4.68 Å². The van der Waals surface area contributed by atoms with Crippen LogP contribution in [-0.4, -0.2) is 46.1 Å². The molecule has 1 fully saturated rings. The molecule has 1 saturated heterocycles. The highest BCUT2D eigenvalue weighted by Crippen LogP contribution is 2.25. The van der Waals surface area contributed by atoms with Crippen LogP contribution in [0.2, 0.25) is 0 Å². The lowest BCUT2D eigenvalue weighted by Gasteiger charge is -2.29. The molecule has 7 nitrogen and oxygen atoms in total. The predicted octanol–water partition coefficient (Wildman–Crippen LogP) is 2.05. The summed E-state index contributed by atoms with van der Waals surface area (Å²) in [6, 6.07) is 8.04. The summed E-state index contributed by atoms with van der Waals surface area (Å²) in [7, 11) is 2.00. The molecule has 0 aliphatic carbocycles. The van der Waals surface area contributed by atoms with E-state index in [1.54, 1.807) is 0 Å². The topological polar surface area (TPSA) is 71.0 Å². The molecule has 4 rings (SSSR count). The summed E-state index contributed by atoms with van der Waals surface area (Å²) in [5.41, 5.74) is 4.26. The van der Waals surface area contributed by atoms with Gasteiger partial charge >= 0.3 is 0 Å². The summed E-state index contributed by atoms with van der Waals surface area (Å²) in [4.78, 5) is 10.2. The van der Waals surface area contributed by atoms with Crippen LogP contribution in [0.15, 0.2) is 24.3 Å². The number of fused-ring (bicyclic) bond motifs is 1. The fourth-order valence-electron chi connectivity index (χ4n) is 3.28. The zero-order valence-electron chi connectivity index (χ0n) is 14.0. The predicted molar refractivity (Wildman–Crippen MR) is 94.4 cm³/mol. The molecule has 126 valence electrons. The normalized spacial score (nSPS) is 15.2. The fraction of sp³-hybridized carbons (Fsp3) is 0.412. The third kappa shape index (κ3) is 2.71. The van der Waals surface area contributed by atoms with Gasteiger partial charge in [0.1, 0.15) is 5.82 Å². The second-order valence-electron chi connectivity index (χ2n) is 6.07. The number of imidazole rings is 1. The number of H-pyrrole nitrogens is 1. The number of hydrogen-bond acceptors (Lipinski definition) is 5. The van der Waals surface area contributed by atoms with Crippen LogP contribution in [0.3, 0.4) is 0 Å². The smallest absolute Gasteiger partial charge is 0.201 e. The number of para-hydroxylation sites is 2. The van der Waals surface area contributed by atoms with Crippen LogP contribution in [-0.2, 0) is 18.3 Å². The first-order valence-electron chi connectivity index (χ1n) is 8.26. The molecule has 0 atom stereocenters. The molecule has 1 aromatic carbocycles. The molecule has 0 amide bonds. The lowest BCUT2D eigenvalue weighted by molar-refractivity contribution is 0.122. The number of nitrogens with one attached hydrogen (secondary N) is 2. The molecular formula is C17H22N6O. The van der Waals surface area contributed by atoms with Crippen molar-refractivity contribution in [3.05, 3.63) is 35.5 Å². The SMILES string of the molecule is Cc1nn(C)c(N2CCOCC2)c1CNc1nc2ccccc2[nH]1. The minimum atomic E-state index is 0.687. The second kappa shape index (κ2) is 6.16. The summed E-state index contributed by atoms with van der Waals surface area (Å²) < 4.78 is 7.44. The Bertz CT molecular complexity index is 813. The highest BCUT2D eigenvalue weighted by Gasteiger charge is 2.21. The summed E-state index contributed by atoms with van der Waals surface area (Å²) in [6.07, 6.45) is 0. The molecule has 0 unspecified atom stereocenters. The van der Waals surface area contributed by atoms with E-state index in [0.717, 1.165) is 49.0 Å². The average molecular weight is 326 g/mol. The van der Waals surface area contributed by atoms with Crippen LogP contribution in [0.5, 0.6) is 0 Å². The molecule has 2 N–H and O–H groups in total. The van der Waals surface area contributed by atoms with Crippen molar-refractivity contribution in [2.24, 2.45) is 7.05 Å². The van der Waals surface area contributed by atoms with Crippen molar-refractivity contribution in [1.29, 1.82) is 0 Å². The van der Waals surface area contributed by atoms with Crippen LogP contribution >= 0.6 is 0 Å². The minimum Gasteiger partial charge on any atom is -0.378 e. The van der Waals surface area contributed by atoms with Crippen LogP contribution in [0.4, 0.5) is 11.8 Å². The van der Waals surface area contributed by atoms with Crippen molar-refractivity contribution in [3.63, 3.8) is 0 Å². The van der Waals surface area contributed by atoms with E-state index >= 15 is 0 Å². The largest absolute Gasteiger partial charge is 0.378 e. The van der Waals surface area contributed by atoms with Gasteiger partial charge in [0.15, 0.2) is 0 Å². The molecule has 0 radical (unpaired) electrons. The van der Waals surface area contributed by atoms with Crippen LogP contribution < -0.4 is 10.2 Å². The first kappa shape index (κ1) is 15.0. The van der Waals surface area contributed by atoms with Crippen molar-refractivity contribution in [2.75, 3.05) is 36.5 Å². The van der Waals surface area contributed by atoms with Crippen LogP contribution in [0, 0.1) is 6.92 Å². The van der Waals surface area contributed by atoms with E-state index < -0.39 is 0 Å². The Kier molecular flexibility index (Phi) is 3.86. The molecule has 1 aliphatic rings. The third-order valence-corrected chi connectivity index (χ3v) is 4.45. The Hall–Kier alpha value is -2.54. The zero-order valence-corrected chi connectivity index (χ0v) is 14.0. The lowest BCUT2D eigenvalue weighted by atomic mass is 10.2. The quantitative estimate of drug-likeness (QED) is 0.768. The van der Waals surface area contributed by atoms with Gasteiger partial charge in [0.25, 0.3) is 0 Å². The summed E-state index contributed by atoms with van der Waals surface area (Å²) in [5, 5.41) is 8.01. The van der Waals surface area contributed by atoms with Crippen molar-refractivity contribution >= 4 is 22.8 Å². The molecule has 0 bridgehead atoms. The van der Waals surface area contributed by atoms with E-state index in [0.29, 0.717) is 6.54 Å². The van der Waals surface area contributed by atoms with E-state index in [1.165, 1.54) is 11.4 Å². The summed E-state index contributed by atoms with van der Waals surface area (Å²) in [6.45, 7) is 6.07. The third-order valence-electron chi connectivity index (χ3n) is 4.45. The highest BCUT2D eigenvalue weighted by molar-refractivity contribution is 5.77. The Morgan fingerprint density at radius 3 is 2.83 bits per heavy atom. The van der Waals surface area contributed by atoms with E-state index in [-0.39, 0.29) is 0 Å². The molecule has 7 heteroatoms. The van der Waals surface area contributed by atoms with Crippen molar-refractivity contribution in [2.45, 2.75) is 13.5 Å². The number of hydrogen-bond donors (Lipinski definition) is 2. The number of benzene rings is 1. The maximum atomic E-state index is 5.47. The van der Waals surface area contributed by atoms with Gasteiger partial charge < -0.3 is 19.9 Å². The molecule has 0 spiro atoms. The summed E-state index contributed by atoms with van der Waals surface area (Å²) >= 11 is 0. The monoisotopic (exact) mass is 326 g/mol. The van der Waals surface area contributed by atoms with Gasteiger partial charge in [0.2, 0.25) is 5.95 Å². The Morgan fingerprint density at radius 2 is 2.04 bits per heavy atom. The standard InChI is InChI=1S/C17H22N6O/c1-12-13(16(22(2)21-12)23-7-9-24-10-8-23)11-18-17-19-14-5-3-4-6-15(14)20-17/h3-6H,7-11H2,1-2H3,(H2,18,19,20). The number of ether oxygens (including phenoxy) is 1. The van der Waals surface area contributed by atoms with Gasteiger partial charge in [0.05, 0.1) is 29.9 Å². The number of anilines is 2. The van der Waals surface area contributed by atoms with Gasteiger partial charge in [-0.2, -0.15) is 5.10 Å². The van der Waals surface area contributed by atoms with Crippen molar-refractivity contribution in [3.8, 4) is 0 Å². The van der Waals surface area contributed by atoms with E-state index in [4.69, 9.17) is 4.74 Å². The van der Waals surface area contributed by atoms with Gasteiger partial charge in [-0.25, -0.2) is 4.98 Å². The molecule has 24 heavy (non-hydrogen) atoms. The highest BCUT2D eigenvalue weighted by atomic mass is 16.5. The van der Waals surface area contributed by atoms with Crippen LogP contribution in [0.1, 0.15) is 11.3 Å². The number of morpholine rings is 1. The number of aromatic amines is 1. The van der Waals surface area contributed by atoms with Gasteiger partial charge in [0, 0.05) is 32.2 Å². The van der Waals surface area contributed by atoms with Gasteiger partial charge in [-0.1, -0.05) is 12.1 Å². The molecule has 0 saturated carbocycles. The second-order valence-corrected chi connectivity index (χ2v) is 6.07. The Labute approximate surface area is 140 Å². The van der Waals surface area contributed by atoms with Crippen molar-refractivity contribution in [1.82, 2.24) is 19.7 Å². The van der Waals surface area contributed by atoms with E-state index in [1.807, 2.05) is 36.0 Å². The minimum absolute atomic E-state index is 0.687. The van der Waals surface area contributed by atoms with E-state index in [9.17, 15) is 0 Å². The molecule has 3 aromatic rings. The maximum Gasteiger partial charge on any atom is 0.201 e. The number of aromatic nitrogens is 4. The van der Waals surface area contributed by atoms with Crippen molar-refractivity contribution < 1.29 is 4.74 Å². The molecule has 2 aromatic heterocycles. The first-order valence-corrected chi connectivity index (χ1v) is 8.26. The number of nitrogens with zero attached hydrogens (tertiary/aromatic N) is 4. The van der Waals surface area contributed by atoms with Gasteiger partial charge in [-0.15, -0.1) is 0 Å². The Balaban J connectivity index is 1.57. The fourth-order valence-corrected chi connectivity index (χ4v) is 3.28. The van der Waals surface area contributed by atoms with Gasteiger partial charge in [-0.05, 0) is 19.1 Å². The average Bonchev–Trinajstić information content (AvgIpc) is 3.13. The lowest BCUT2D eigenvalue weighted by Crippen LogP contribution is -2.38. The summed E-state index contributed by atoms with van der Waals surface area (Å²) in [5.74, 6) is 1.95. The Morgan fingerprint density at radius 1 is 1.25 bits per heavy atom. The molecular weight excluding hydrogens is 304 g/mol. The molecule has 1 aliphatic heterocycles.